The van der Waals surface area contributed by atoms with E-state index in [9.17, 15) is 9.50 Å². The third-order valence-electron chi connectivity index (χ3n) is 1.89. The highest BCUT2D eigenvalue weighted by Gasteiger charge is 2.28. The Morgan fingerprint density at radius 2 is 1.85 bits per heavy atom. The van der Waals surface area contributed by atoms with Crippen LogP contribution in [0.15, 0.2) is 30.3 Å². The molecule has 0 bridgehead atoms. The van der Waals surface area contributed by atoms with Crippen molar-refractivity contribution >= 4 is 0 Å². The molecule has 0 aromatic heterocycles. The van der Waals surface area contributed by atoms with E-state index < -0.39 is 5.85 Å². The molecule has 1 aromatic rings. The van der Waals surface area contributed by atoms with Gasteiger partial charge in [0.05, 0.1) is 0 Å². The Balaban J connectivity index is 2.81. The van der Waals surface area contributed by atoms with Crippen LogP contribution in [-0.4, -0.2) is 5.11 Å². The monoisotopic (exact) mass is 182 g/mol. The van der Waals surface area contributed by atoms with Crippen molar-refractivity contribution in [3.05, 3.63) is 35.9 Å². The number of alkyl halides is 1. The lowest BCUT2D eigenvalue weighted by Crippen LogP contribution is -2.21. The normalized spacial score (nSPS) is 15.8. The number of aliphatic hydroxyl groups is 1. The summed E-state index contributed by atoms with van der Waals surface area (Å²) >= 11 is 0. The molecule has 0 fully saturated rings. The minimum absolute atomic E-state index is 0.134. The lowest BCUT2D eigenvalue weighted by Gasteiger charge is -2.21. The first-order valence-electron chi connectivity index (χ1n) is 4.49. The Morgan fingerprint density at radius 1 is 1.31 bits per heavy atom. The summed E-state index contributed by atoms with van der Waals surface area (Å²) in [4.78, 5) is 0. The van der Waals surface area contributed by atoms with Gasteiger partial charge in [0.15, 0.2) is 0 Å². The van der Waals surface area contributed by atoms with Crippen LogP contribution in [-0.2, 0) is 5.85 Å². The second-order valence-corrected chi connectivity index (χ2v) is 3.72. The second kappa shape index (κ2) is 3.88. The molecule has 1 rings (SSSR count). The molecule has 0 saturated carbocycles. The molecule has 0 aliphatic carbocycles. The smallest absolute Gasteiger partial charge is 0.233 e. The molecule has 1 atom stereocenters. The summed E-state index contributed by atoms with van der Waals surface area (Å²) in [7, 11) is 0. The van der Waals surface area contributed by atoms with Crippen LogP contribution in [0, 0.1) is 5.92 Å². The van der Waals surface area contributed by atoms with Gasteiger partial charge in [0.2, 0.25) is 5.85 Å². The van der Waals surface area contributed by atoms with E-state index >= 15 is 0 Å². The van der Waals surface area contributed by atoms with Gasteiger partial charge < -0.3 is 5.11 Å². The highest BCUT2D eigenvalue weighted by Crippen LogP contribution is 2.29. The van der Waals surface area contributed by atoms with E-state index in [4.69, 9.17) is 0 Å². The van der Waals surface area contributed by atoms with E-state index in [1.165, 1.54) is 0 Å². The average Bonchev–Trinajstić information content (AvgIpc) is 2.04. The Bertz CT molecular complexity index is 254. The van der Waals surface area contributed by atoms with Crippen LogP contribution in [0.2, 0.25) is 0 Å². The molecule has 72 valence electrons. The highest BCUT2D eigenvalue weighted by molar-refractivity contribution is 5.19. The van der Waals surface area contributed by atoms with Crippen molar-refractivity contribution in [2.75, 3.05) is 0 Å². The van der Waals surface area contributed by atoms with Crippen molar-refractivity contribution in [1.29, 1.82) is 0 Å². The SMILES string of the molecule is CC(C)CC(O)(F)c1ccccc1. The zero-order valence-corrected chi connectivity index (χ0v) is 8.00. The quantitative estimate of drug-likeness (QED) is 0.762. The predicted molar refractivity (Wildman–Crippen MR) is 50.9 cm³/mol. The maximum atomic E-state index is 13.6. The zero-order chi connectivity index (χ0) is 9.90. The van der Waals surface area contributed by atoms with Gasteiger partial charge >= 0.3 is 0 Å². The first-order valence-corrected chi connectivity index (χ1v) is 4.49. The summed E-state index contributed by atoms with van der Waals surface area (Å²) in [5.74, 6) is -2.05. The van der Waals surface area contributed by atoms with Crippen LogP contribution in [0.5, 0.6) is 0 Å². The van der Waals surface area contributed by atoms with Crippen molar-refractivity contribution in [3.8, 4) is 0 Å². The van der Waals surface area contributed by atoms with Crippen molar-refractivity contribution in [2.45, 2.75) is 26.1 Å². The molecule has 0 aliphatic heterocycles. The first kappa shape index (κ1) is 10.2. The number of hydrogen-bond donors (Lipinski definition) is 1. The average molecular weight is 182 g/mol. The topological polar surface area (TPSA) is 20.2 Å². The van der Waals surface area contributed by atoms with Crippen LogP contribution in [0.4, 0.5) is 4.39 Å². The van der Waals surface area contributed by atoms with Crippen molar-refractivity contribution in [1.82, 2.24) is 0 Å². The van der Waals surface area contributed by atoms with Gasteiger partial charge in [-0.15, -0.1) is 0 Å². The van der Waals surface area contributed by atoms with Crippen LogP contribution in [0.25, 0.3) is 0 Å². The van der Waals surface area contributed by atoms with Crippen LogP contribution < -0.4 is 0 Å². The Morgan fingerprint density at radius 3 is 2.31 bits per heavy atom. The third kappa shape index (κ3) is 2.81. The first-order chi connectivity index (χ1) is 6.02. The van der Waals surface area contributed by atoms with Crippen LogP contribution in [0.1, 0.15) is 25.8 Å². The minimum Gasteiger partial charge on any atom is -0.358 e. The molecular formula is C11H15FO. The van der Waals surface area contributed by atoms with Gasteiger partial charge in [0.25, 0.3) is 0 Å². The summed E-state index contributed by atoms with van der Waals surface area (Å²) in [6.45, 7) is 3.76. The fourth-order valence-corrected chi connectivity index (χ4v) is 1.35. The summed E-state index contributed by atoms with van der Waals surface area (Å²) in [6, 6.07) is 8.44. The van der Waals surface area contributed by atoms with E-state index in [-0.39, 0.29) is 12.3 Å². The summed E-state index contributed by atoms with van der Waals surface area (Å²) in [5.41, 5.74) is 0.337. The van der Waals surface area contributed by atoms with E-state index in [1.807, 2.05) is 13.8 Å². The molecule has 13 heavy (non-hydrogen) atoms. The van der Waals surface area contributed by atoms with Gasteiger partial charge in [-0.1, -0.05) is 44.2 Å². The van der Waals surface area contributed by atoms with Crippen molar-refractivity contribution < 1.29 is 9.50 Å². The maximum Gasteiger partial charge on any atom is 0.233 e. The lowest BCUT2D eigenvalue weighted by molar-refractivity contribution is -0.110. The molecule has 1 unspecified atom stereocenters. The summed E-state index contributed by atoms with van der Waals surface area (Å²) in [5, 5.41) is 9.49. The Kier molecular flexibility index (Phi) is 3.04. The predicted octanol–water partition coefficient (Wildman–Crippen LogP) is 2.85. The molecule has 1 nitrogen and oxygen atoms in total. The lowest BCUT2D eigenvalue weighted by atomic mass is 9.97. The fourth-order valence-electron chi connectivity index (χ4n) is 1.35. The standard InChI is InChI=1S/C11H15FO/c1-9(2)8-11(12,13)10-6-4-3-5-7-10/h3-7,9,13H,8H2,1-2H3. The van der Waals surface area contributed by atoms with Crippen molar-refractivity contribution in [3.63, 3.8) is 0 Å². The van der Waals surface area contributed by atoms with Gasteiger partial charge in [-0.05, 0) is 5.92 Å². The largest absolute Gasteiger partial charge is 0.358 e. The fraction of sp³-hybridized carbons (Fsp3) is 0.455. The Labute approximate surface area is 78.2 Å². The molecular weight excluding hydrogens is 167 g/mol. The third-order valence-corrected chi connectivity index (χ3v) is 1.89. The van der Waals surface area contributed by atoms with E-state index in [2.05, 4.69) is 0 Å². The molecule has 2 heteroatoms. The maximum absolute atomic E-state index is 13.6. The van der Waals surface area contributed by atoms with E-state index in [0.29, 0.717) is 5.56 Å². The molecule has 0 heterocycles. The van der Waals surface area contributed by atoms with Crippen LogP contribution in [0.3, 0.4) is 0 Å². The Hall–Kier alpha value is -0.890. The molecule has 0 radical (unpaired) electrons. The van der Waals surface area contributed by atoms with Gasteiger partial charge in [0, 0.05) is 12.0 Å². The van der Waals surface area contributed by atoms with E-state index in [1.54, 1.807) is 30.3 Å². The molecule has 0 aliphatic rings. The number of halogens is 1. The number of benzene rings is 1. The molecule has 1 N–H and O–H groups in total. The summed E-state index contributed by atoms with van der Waals surface area (Å²) < 4.78 is 13.6. The number of hydrogen-bond acceptors (Lipinski definition) is 1. The molecule has 1 aromatic carbocycles. The zero-order valence-electron chi connectivity index (χ0n) is 8.00. The molecule has 0 saturated heterocycles. The second-order valence-electron chi connectivity index (χ2n) is 3.72. The van der Waals surface area contributed by atoms with Gasteiger partial charge in [-0.25, -0.2) is 4.39 Å². The van der Waals surface area contributed by atoms with Crippen molar-refractivity contribution in [2.24, 2.45) is 5.92 Å². The van der Waals surface area contributed by atoms with Gasteiger partial charge in [0.1, 0.15) is 0 Å². The minimum atomic E-state index is -2.19. The van der Waals surface area contributed by atoms with Gasteiger partial charge in [-0.3, -0.25) is 0 Å². The molecule has 0 spiro atoms. The number of rotatable bonds is 3. The van der Waals surface area contributed by atoms with Gasteiger partial charge in [-0.2, -0.15) is 0 Å². The van der Waals surface area contributed by atoms with E-state index in [0.717, 1.165) is 0 Å². The highest BCUT2D eigenvalue weighted by atomic mass is 19.2. The molecule has 0 amide bonds. The van der Waals surface area contributed by atoms with Crippen LogP contribution >= 0.6 is 0 Å². The summed E-state index contributed by atoms with van der Waals surface area (Å²) in [6.07, 6.45) is 0.136.